The summed E-state index contributed by atoms with van der Waals surface area (Å²) in [5, 5.41) is 5.36. The summed E-state index contributed by atoms with van der Waals surface area (Å²) in [7, 11) is 0. The van der Waals surface area contributed by atoms with Gasteiger partial charge in [-0.2, -0.15) is 11.8 Å². The first-order valence-corrected chi connectivity index (χ1v) is 7.07. The summed E-state index contributed by atoms with van der Waals surface area (Å²) in [6, 6.07) is 0.788. The van der Waals surface area contributed by atoms with Crippen LogP contribution in [0.2, 0.25) is 0 Å². The van der Waals surface area contributed by atoms with Gasteiger partial charge in [-0.15, -0.1) is 0 Å². The molecule has 1 fully saturated rings. The maximum Gasteiger partial charge on any atom is 0.0203 e. The van der Waals surface area contributed by atoms with Crippen molar-refractivity contribution in [1.82, 2.24) is 5.32 Å². The molecule has 14 heavy (non-hydrogen) atoms. The SMILES string of the molecule is CCCNC1CCCCC1SC(C)C. The lowest BCUT2D eigenvalue weighted by Gasteiger charge is -2.33. The minimum absolute atomic E-state index is 0.782. The highest BCUT2D eigenvalue weighted by Crippen LogP contribution is 2.31. The molecule has 1 rings (SSSR count). The van der Waals surface area contributed by atoms with Crippen molar-refractivity contribution in [3.8, 4) is 0 Å². The minimum atomic E-state index is 0.782. The zero-order valence-electron chi connectivity index (χ0n) is 9.88. The second-order valence-electron chi connectivity index (χ2n) is 4.57. The second kappa shape index (κ2) is 6.73. The first kappa shape index (κ1) is 12.4. The van der Waals surface area contributed by atoms with E-state index in [9.17, 15) is 0 Å². The number of hydrogen-bond donors (Lipinski definition) is 1. The molecule has 0 aromatic rings. The fourth-order valence-electron chi connectivity index (χ4n) is 2.17. The maximum atomic E-state index is 3.71. The van der Waals surface area contributed by atoms with Crippen LogP contribution in [0.4, 0.5) is 0 Å². The van der Waals surface area contributed by atoms with Crippen LogP contribution in [0.25, 0.3) is 0 Å². The number of rotatable bonds is 5. The van der Waals surface area contributed by atoms with Crippen LogP contribution in [-0.2, 0) is 0 Å². The quantitative estimate of drug-likeness (QED) is 0.754. The van der Waals surface area contributed by atoms with Crippen molar-refractivity contribution < 1.29 is 0 Å². The molecule has 2 atom stereocenters. The Morgan fingerprint density at radius 2 is 2.00 bits per heavy atom. The first-order chi connectivity index (χ1) is 6.74. The molecule has 0 saturated heterocycles. The first-order valence-electron chi connectivity index (χ1n) is 6.13. The van der Waals surface area contributed by atoms with Crippen molar-refractivity contribution in [3.63, 3.8) is 0 Å². The van der Waals surface area contributed by atoms with E-state index in [1.165, 1.54) is 38.6 Å². The Morgan fingerprint density at radius 3 is 2.64 bits per heavy atom. The van der Waals surface area contributed by atoms with Gasteiger partial charge in [0.05, 0.1) is 0 Å². The molecule has 0 aliphatic heterocycles. The molecule has 0 heterocycles. The maximum absolute atomic E-state index is 3.71. The van der Waals surface area contributed by atoms with Gasteiger partial charge in [-0.1, -0.05) is 33.6 Å². The molecule has 0 aromatic carbocycles. The van der Waals surface area contributed by atoms with Crippen molar-refractivity contribution in [2.24, 2.45) is 0 Å². The second-order valence-corrected chi connectivity index (χ2v) is 6.39. The number of nitrogens with one attached hydrogen (secondary N) is 1. The van der Waals surface area contributed by atoms with E-state index in [1.807, 2.05) is 0 Å². The molecular weight excluding hydrogens is 190 g/mol. The fourth-order valence-corrected chi connectivity index (χ4v) is 3.60. The molecule has 2 unspecified atom stereocenters. The van der Waals surface area contributed by atoms with Gasteiger partial charge in [0.2, 0.25) is 0 Å². The van der Waals surface area contributed by atoms with Crippen molar-refractivity contribution in [3.05, 3.63) is 0 Å². The third-order valence-corrected chi connectivity index (χ3v) is 4.26. The van der Waals surface area contributed by atoms with Gasteiger partial charge in [-0.05, 0) is 31.1 Å². The van der Waals surface area contributed by atoms with Crippen LogP contribution in [0, 0.1) is 0 Å². The van der Waals surface area contributed by atoms with Crippen molar-refractivity contribution in [1.29, 1.82) is 0 Å². The van der Waals surface area contributed by atoms with E-state index < -0.39 is 0 Å². The Morgan fingerprint density at radius 1 is 1.29 bits per heavy atom. The van der Waals surface area contributed by atoms with Crippen molar-refractivity contribution in [2.75, 3.05) is 6.54 Å². The van der Waals surface area contributed by atoms with Crippen molar-refractivity contribution in [2.45, 2.75) is 69.4 Å². The molecule has 0 amide bonds. The van der Waals surface area contributed by atoms with E-state index in [2.05, 4.69) is 37.8 Å². The summed E-state index contributed by atoms with van der Waals surface area (Å²) < 4.78 is 0. The van der Waals surface area contributed by atoms with E-state index in [0.717, 1.165) is 16.5 Å². The molecule has 2 heteroatoms. The van der Waals surface area contributed by atoms with Gasteiger partial charge < -0.3 is 5.32 Å². The van der Waals surface area contributed by atoms with Crippen LogP contribution >= 0.6 is 11.8 Å². The van der Waals surface area contributed by atoms with E-state index in [-0.39, 0.29) is 0 Å². The third kappa shape index (κ3) is 4.22. The van der Waals surface area contributed by atoms with Gasteiger partial charge in [-0.25, -0.2) is 0 Å². The van der Waals surface area contributed by atoms with Crippen LogP contribution in [0.1, 0.15) is 52.9 Å². The number of hydrogen-bond acceptors (Lipinski definition) is 2. The summed E-state index contributed by atoms with van der Waals surface area (Å²) in [6.07, 6.45) is 6.94. The zero-order valence-corrected chi connectivity index (χ0v) is 10.7. The van der Waals surface area contributed by atoms with Gasteiger partial charge >= 0.3 is 0 Å². The highest BCUT2D eigenvalue weighted by molar-refractivity contribution is 8.00. The molecule has 0 radical (unpaired) electrons. The normalized spacial score (nSPS) is 28.3. The summed E-state index contributed by atoms with van der Waals surface area (Å²) in [5.74, 6) is 0. The largest absolute Gasteiger partial charge is 0.313 e. The molecule has 1 aliphatic carbocycles. The highest BCUT2D eigenvalue weighted by atomic mass is 32.2. The Hall–Kier alpha value is 0.310. The summed E-state index contributed by atoms with van der Waals surface area (Å²) in [6.45, 7) is 8.08. The predicted molar refractivity (Wildman–Crippen MR) is 67.1 cm³/mol. The Balaban J connectivity index is 2.33. The monoisotopic (exact) mass is 215 g/mol. The smallest absolute Gasteiger partial charge is 0.0203 e. The Kier molecular flexibility index (Phi) is 5.95. The molecule has 1 N–H and O–H groups in total. The van der Waals surface area contributed by atoms with Gasteiger partial charge in [0, 0.05) is 11.3 Å². The molecule has 0 spiro atoms. The predicted octanol–water partition coefficient (Wildman–Crippen LogP) is 3.44. The molecule has 1 nitrogen and oxygen atoms in total. The van der Waals surface area contributed by atoms with Gasteiger partial charge in [0.1, 0.15) is 0 Å². The fraction of sp³-hybridized carbons (Fsp3) is 1.00. The Bertz CT molecular complexity index is 147. The lowest BCUT2D eigenvalue weighted by atomic mass is 9.95. The standard InChI is InChI=1S/C12H25NS/c1-4-9-13-11-7-5-6-8-12(11)14-10(2)3/h10-13H,4-9H2,1-3H3. The van der Waals surface area contributed by atoms with Gasteiger partial charge in [0.15, 0.2) is 0 Å². The third-order valence-electron chi connectivity index (χ3n) is 2.81. The summed E-state index contributed by atoms with van der Waals surface area (Å²) in [5.41, 5.74) is 0. The molecule has 1 aliphatic rings. The van der Waals surface area contributed by atoms with E-state index >= 15 is 0 Å². The van der Waals surface area contributed by atoms with Crippen LogP contribution in [0.15, 0.2) is 0 Å². The van der Waals surface area contributed by atoms with Crippen LogP contribution < -0.4 is 5.32 Å². The summed E-state index contributed by atoms with van der Waals surface area (Å²) >= 11 is 2.17. The van der Waals surface area contributed by atoms with Crippen LogP contribution in [0.3, 0.4) is 0 Å². The summed E-state index contributed by atoms with van der Waals surface area (Å²) in [4.78, 5) is 0. The average molecular weight is 215 g/mol. The molecular formula is C12H25NS. The van der Waals surface area contributed by atoms with Crippen LogP contribution in [0.5, 0.6) is 0 Å². The van der Waals surface area contributed by atoms with Gasteiger partial charge in [-0.3, -0.25) is 0 Å². The topological polar surface area (TPSA) is 12.0 Å². The lowest BCUT2D eigenvalue weighted by Crippen LogP contribution is -2.41. The van der Waals surface area contributed by atoms with E-state index in [4.69, 9.17) is 0 Å². The lowest BCUT2D eigenvalue weighted by molar-refractivity contribution is 0.384. The molecule has 0 bridgehead atoms. The molecule has 0 aromatic heterocycles. The molecule has 84 valence electrons. The Labute approximate surface area is 93.4 Å². The number of thioether (sulfide) groups is 1. The minimum Gasteiger partial charge on any atom is -0.313 e. The average Bonchev–Trinajstić information content (AvgIpc) is 2.16. The zero-order chi connectivity index (χ0) is 10.4. The highest BCUT2D eigenvalue weighted by Gasteiger charge is 2.25. The molecule has 1 saturated carbocycles. The van der Waals surface area contributed by atoms with E-state index in [0.29, 0.717) is 0 Å². The van der Waals surface area contributed by atoms with Gasteiger partial charge in [0.25, 0.3) is 0 Å². The van der Waals surface area contributed by atoms with Crippen molar-refractivity contribution >= 4 is 11.8 Å². The van der Waals surface area contributed by atoms with E-state index in [1.54, 1.807) is 0 Å². The van der Waals surface area contributed by atoms with Crippen LogP contribution in [-0.4, -0.2) is 23.1 Å².